The third kappa shape index (κ3) is 4.66. The SMILES string of the molecule is CC(NS(=O)(=O)c1cccc(N=Cc2c(O)ccc3ccccc23)c1)c1ccccc1. The minimum atomic E-state index is -3.73. The van der Waals surface area contributed by atoms with Gasteiger partial charge in [0.25, 0.3) is 0 Å². The summed E-state index contributed by atoms with van der Waals surface area (Å²) in [6.07, 6.45) is 1.56. The van der Waals surface area contributed by atoms with Crippen molar-refractivity contribution in [2.75, 3.05) is 0 Å². The molecular weight excluding hydrogens is 408 g/mol. The summed E-state index contributed by atoms with van der Waals surface area (Å²) in [6.45, 7) is 1.80. The van der Waals surface area contributed by atoms with E-state index in [0.717, 1.165) is 16.3 Å². The smallest absolute Gasteiger partial charge is 0.241 e. The zero-order chi connectivity index (χ0) is 21.8. The van der Waals surface area contributed by atoms with E-state index in [2.05, 4.69) is 9.71 Å². The lowest BCUT2D eigenvalue weighted by molar-refractivity contribution is 0.475. The molecule has 2 N–H and O–H groups in total. The van der Waals surface area contributed by atoms with Crippen LogP contribution in [0.1, 0.15) is 24.1 Å². The van der Waals surface area contributed by atoms with E-state index in [-0.39, 0.29) is 16.7 Å². The Kier molecular flexibility index (Phi) is 5.84. The van der Waals surface area contributed by atoms with Gasteiger partial charge in [0.15, 0.2) is 0 Å². The Morgan fingerprint density at radius 3 is 2.45 bits per heavy atom. The van der Waals surface area contributed by atoms with Crippen molar-refractivity contribution in [2.45, 2.75) is 17.9 Å². The fraction of sp³-hybridized carbons (Fsp3) is 0.0800. The second-order valence-corrected chi connectivity index (χ2v) is 8.94. The van der Waals surface area contributed by atoms with E-state index in [1.165, 1.54) is 12.1 Å². The molecule has 0 aromatic heterocycles. The Balaban J connectivity index is 1.61. The van der Waals surface area contributed by atoms with Gasteiger partial charge in [0, 0.05) is 17.8 Å². The van der Waals surface area contributed by atoms with Gasteiger partial charge < -0.3 is 5.11 Å². The molecule has 0 saturated heterocycles. The highest BCUT2D eigenvalue weighted by Gasteiger charge is 2.18. The van der Waals surface area contributed by atoms with Crippen LogP contribution < -0.4 is 4.72 Å². The van der Waals surface area contributed by atoms with Gasteiger partial charge in [0.2, 0.25) is 10.0 Å². The number of aliphatic imine (C=N–C) groups is 1. The summed E-state index contributed by atoms with van der Waals surface area (Å²) in [7, 11) is -3.73. The number of nitrogens with zero attached hydrogens (tertiary/aromatic N) is 1. The molecule has 156 valence electrons. The van der Waals surface area contributed by atoms with Gasteiger partial charge in [-0.05, 0) is 47.5 Å². The first kappa shape index (κ1) is 20.8. The van der Waals surface area contributed by atoms with Gasteiger partial charge in [-0.15, -0.1) is 0 Å². The van der Waals surface area contributed by atoms with E-state index in [0.29, 0.717) is 11.3 Å². The molecule has 0 aliphatic rings. The zero-order valence-electron chi connectivity index (χ0n) is 16.9. The van der Waals surface area contributed by atoms with E-state index in [9.17, 15) is 13.5 Å². The topological polar surface area (TPSA) is 78.8 Å². The second kappa shape index (κ2) is 8.71. The maximum atomic E-state index is 12.9. The minimum Gasteiger partial charge on any atom is -0.507 e. The Morgan fingerprint density at radius 2 is 1.65 bits per heavy atom. The first-order chi connectivity index (χ1) is 14.9. The van der Waals surface area contributed by atoms with Crippen molar-refractivity contribution in [2.24, 2.45) is 4.99 Å². The van der Waals surface area contributed by atoms with Gasteiger partial charge in [-0.1, -0.05) is 66.7 Å². The molecule has 0 bridgehead atoms. The second-order valence-electron chi connectivity index (χ2n) is 7.23. The van der Waals surface area contributed by atoms with Gasteiger partial charge in [-0.2, -0.15) is 0 Å². The molecule has 4 aromatic carbocycles. The van der Waals surface area contributed by atoms with E-state index in [4.69, 9.17) is 0 Å². The maximum Gasteiger partial charge on any atom is 0.241 e. The average molecular weight is 431 g/mol. The molecule has 1 unspecified atom stereocenters. The molecule has 0 fully saturated rings. The monoisotopic (exact) mass is 430 g/mol. The molecule has 0 aliphatic carbocycles. The van der Waals surface area contributed by atoms with Crippen LogP contribution in [0, 0.1) is 0 Å². The number of phenolic OH excluding ortho intramolecular Hbond substituents is 1. The van der Waals surface area contributed by atoms with Crippen molar-refractivity contribution in [1.29, 1.82) is 0 Å². The number of phenols is 1. The zero-order valence-corrected chi connectivity index (χ0v) is 17.8. The van der Waals surface area contributed by atoms with Crippen LogP contribution in [0.3, 0.4) is 0 Å². The van der Waals surface area contributed by atoms with E-state index >= 15 is 0 Å². The van der Waals surface area contributed by atoms with Gasteiger partial charge in [0.1, 0.15) is 5.75 Å². The third-order valence-corrected chi connectivity index (χ3v) is 6.59. The lowest BCUT2D eigenvalue weighted by Gasteiger charge is -2.14. The summed E-state index contributed by atoms with van der Waals surface area (Å²) in [5, 5.41) is 12.1. The summed E-state index contributed by atoms with van der Waals surface area (Å²) in [5.41, 5.74) is 1.94. The van der Waals surface area contributed by atoms with Gasteiger partial charge in [-0.25, -0.2) is 13.1 Å². The number of hydrogen-bond acceptors (Lipinski definition) is 4. The summed E-state index contributed by atoms with van der Waals surface area (Å²) >= 11 is 0. The number of rotatable bonds is 6. The Morgan fingerprint density at radius 1 is 0.903 bits per heavy atom. The summed E-state index contributed by atoms with van der Waals surface area (Å²) in [6, 6.07) is 26.6. The first-order valence-electron chi connectivity index (χ1n) is 9.86. The number of benzene rings is 4. The standard InChI is InChI=1S/C25H22N2O3S/c1-18(19-8-3-2-4-9-19)27-31(29,30)22-12-7-11-21(16-22)26-17-24-23-13-6-5-10-20(23)14-15-25(24)28/h2-18,27-28H,1H3. The molecule has 4 aromatic rings. The lowest BCUT2D eigenvalue weighted by atomic mass is 10.0. The molecule has 1 atom stereocenters. The molecule has 0 heterocycles. The van der Waals surface area contributed by atoms with Crippen LogP contribution >= 0.6 is 0 Å². The van der Waals surface area contributed by atoms with Crippen LogP contribution in [0.15, 0.2) is 101 Å². The van der Waals surface area contributed by atoms with Crippen molar-refractivity contribution < 1.29 is 13.5 Å². The van der Waals surface area contributed by atoms with Crippen molar-refractivity contribution in [3.63, 3.8) is 0 Å². The number of aromatic hydroxyl groups is 1. The van der Waals surface area contributed by atoms with Gasteiger partial charge in [-0.3, -0.25) is 4.99 Å². The fourth-order valence-electron chi connectivity index (χ4n) is 3.40. The molecular formula is C25H22N2O3S. The van der Waals surface area contributed by atoms with Crippen molar-refractivity contribution in [1.82, 2.24) is 4.72 Å². The summed E-state index contributed by atoms with van der Waals surface area (Å²) < 4.78 is 28.4. The van der Waals surface area contributed by atoms with E-state index in [1.807, 2.05) is 60.7 Å². The molecule has 6 heteroatoms. The van der Waals surface area contributed by atoms with Crippen molar-refractivity contribution >= 4 is 32.7 Å². The van der Waals surface area contributed by atoms with Crippen molar-refractivity contribution in [3.05, 3.63) is 102 Å². The molecule has 0 radical (unpaired) electrons. The van der Waals surface area contributed by atoms with Crippen LogP contribution in [0.25, 0.3) is 10.8 Å². The Bertz CT molecular complexity index is 1350. The Hall–Kier alpha value is -3.48. The predicted octanol–water partition coefficient (Wildman–Crippen LogP) is 5.34. The number of fused-ring (bicyclic) bond motifs is 1. The van der Waals surface area contributed by atoms with Crippen LogP contribution in [0.2, 0.25) is 0 Å². The summed E-state index contributed by atoms with van der Waals surface area (Å²) in [5.74, 6) is 0.115. The van der Waals surface area contributed by atoms with E-state index < -0.39 is 10.0 Å². The predicted molar refractivity (Wildman–Crippen MR) is 124 cm³/mol. The molecule has 5 nitrogen and oxygen atoms in total. The first-order valence-corrected chi connectivity index (χ1v) is 11.3. The largest absolute Gasteiger partial charge is 0.507 e. The number of nitrogens with one attached hydrogen (secondary N) is 1. The molecule has 0 amide bonds. The van der Waals surface area contributed by atoms with Crippen LogP contribution in [0.5, 0.6) is 5.75 Å². The number of sulfonamides is 1. The molecule has 4 rings (SSSR count). The Labute approximate surface area is 181 Å². The lowest BCUT2D eigenvalue weighted by Crippen LogP contribution is -2.26. The maximum absolute atomic E-state index is 12.9. The van der Waals surface area contributed by atoms with Gasteiger partial charge in [0.05, 0.1) is 10.6 Å². The van der Waals surface area contributed by atoms with Crippen LogP contribution in [-0.4, -0.2) is 19.7 Å². The average Bonchev–Trinajstić information content (AvgIpc) is 2.79. The summed E-state index contributed by atoms with van der Waals surface area (Å²) in [4.78, 5) is 4.55. The highest BCUT2D eigenvalue weighted by atomic mass is 32.2. The molecule has 0 saturated carbocycles. The van der Waals surface area contributed by atoms with Crippen LogP contribution in [0.4, 0.5) is 5.69 Å². The van der Waals surface area contributed by atoms with Crippen LogP contribution in [-0.2, 0) is 10.0 Å². The quantitative estimate of drug-likeness (QED) is 0.406. The highest BCUT2D eigenvalue weighted by Crippen LogP contribution is 2.27. The number of hydrogen-bond donors (Lipinski definition) is 2. The van der Waals surface area contributed by atoms with Gasteiger partial charge >= 0.3 is 0 Å². The highest BCUT2D eigenvalue weighted by molar-refractivity contribution is 7.89. The third-order valence-electron chi connectivity index (χ3n) is 5.05. The fourth-order valence-corrected chi connectivity index (χ4v) is 4.67. The van der Waals surface area contributed by atoms with Crippen molar-refractivity contribution in [3.8, 4) is 5.75 Å². The molecule has 0 aliphatic heterocycles. The minimum absolute atomic E-state index is 0.115. The molecule has 31 heavy (non-hydrogen) atoms. The molecule has 0 spiro atoms. The normalized spacial score (nSPS) is 12.9. The van der Waals surface area contributed by atoms with E-state index in [1.54, 1.807) is 31.3 Å².